The Morgan fingerprint density at radius 2 is 1.73 bits per heavy atom. The van der Waals surface area contributed by atoms with Gasteiger partial charge >= 0.3 is 0 Å². The molecule has 1 amide bonds. The molecule has 8 nitrogen and oxygen atoms in total. The second-order valence-electron chi connectivity index (χ2n) is 8.41. The van der Waals surface area contributed by atoms with Gasteiger partial charge in [-0.3, -0.25) is 4.79 Å². The van der Waals surface area contributed by atoms with Crippen LogP contribution in [0.25, 0.3) is 34.1 Å². The van der Waals surface area contributed by atoms with Gasteiger partial charge in [-0.15, -0.1) is 0 Å². The second kappa shape index (κ2) is 10.4. The summed E-state index contributed by atoms with van der Waals surface area (Å²) in [4.78, 5) is 17.3. The van der Waals surface area contributed by atoms with Gasteiger partial charge in [-0.05, 0) is 48.5 Å². The summed E-state index contributed by atoms with van der Waals surface area (Å²) in [6, 6.07) is 23.3. The molecule has 3 aromatic carbocycles. The van der Waals surface area contributed by atoms with Gasteiger partial charge in [-0.2, -0.15) is 5.10 Å². The van der Waals surface area contributed by atoms with Gasteiger partial charge in [-0.1, -0.05) is 30.3 Å². The molecule has 0 spiro atoms. The number of aromatic nitrogens is 4. The van der Waals surface area contributed by atoms with Crippen LogP contribution in [-0.2, 0) is 18.4 Å². The van der Waals surface area contributed by atoms with Crippen LogP contribution in [0, 0.1) is 0 Å². The van der Waals surface area contributed by atoms with E-state index in [1.807, 2.05) is 90.6 Å². The number of nitrogens with one attached hydrogen (secondary N) is 1. The monoisotopic (exact) mass is 493 g/mol. The molecule has 186 valence electrons. The molecule has 37 heavy (non-hydrogen) atoms. The Bertz CT molecular complexity index is 1580. The average molecular weight is 494 g/mol. The highest BCUT2D eigenvalue weighted by atomic mass is 16.5. The first-order valence-electron chi connectivity index (χ1n) is 11.8. The molecule has 5 rings (SSSR count). The van der Waals surface area contributed by atoms with Crippen molar-refractivity contribution in [3.63, 3.8) is 0 Å². The Morgan fingerprint density at radius 1 is 0.973 bits per heavy atom. The number of aryl methyl sites for hydroxylation is 1. The average Bonchev–Trinajstić information content (AvgIpc) is 3.52. The zero-order chi connectivity index (χ0) is 25.8. The molecule has 0 aliphatic heterocycles. The number of amides is 1. The number of carbonyl (C=O) groups is 1. The Kier molecular flexibility index (Phi) is 6.72. The molecule has 8 heteroatoms. The third kappa shape index (κ3) is 4.95. The molecule has 0 aliphatic carbocycles. The molecule has 0 radical (unpaired) electrons. The van der Waals surface area contributed by atoms with Gasteiger partial charge in [-0.25, -0.2) is 9.67 Å². The summed E-state index contributed by atoms with van der Waals surface area (Å²) in [6.45, 7) is 0.320. The molecule has 0 aliphatic rings. The molecule has 0 bridgehead atoms. The van der Waals surface area contributed by atoms with Crippen molar-refractivity contribution in [3.8, 4) is 28.4 Å². The SMILES string of the molecule is COc1ccc(-c2nn(-c3ccccc3)cc2/C=C/C(=O)NCc2nc3ccccc3n2C)cc1OC. The fraction of sp³-hybridized carbons (Fsp3) is 0.138. The molecule has 2 aromatic heterocycles. The summed E-state index contributed by atoms with van der Waals surface area (Å²) in [5, 5.41) is 7.74. The first-order valence-corrected chi connectivity index (χ1v) is 11.8. The van der Waals surface area contributed by atoms with Crippen LogP contribution in [0.15, 0.2) is 85.1 Å². The van der Waals surface area contributed by atoms with Crippen LogP contribution in [0.4, 0.5) is 0 Å². The molecule has 0 unspecified atom stereocenters. The van der Waals surface area contributed by atoms with Crippen LogP contribution in [0.1, 0.15) is 11.4 Å². The molecule has 5 aromatic rings. The first-order chi connectivity index (χ1) is 18.1. The number of benzene rings is 3. The van der Waals surface area contributed by atoms with Crippen LogP contribution in [-0.4, -0.2) is 39.5 Å². The molecule has 0 saturated carbocycles. The Hall–Kier alpha value is -4.85. The fourth-order valence-electron chi connectivity index (χ4n) is 4.17. The van der Waals surface area contributed by atoms with Crippen molar-refractivity contribution in [3.05, 3.63) is 96.5 Å². The predicted molar refractivity (Wildman–Crippen MR) is 144 cm³/mol. The van der Waals surface area contributed by atoms with Crippen LogP contribution < -0.4 is 14.8 Å². The highest BCUT2D eigenvalue weighted by molar-refractivity contribution is 5.93. The van der Waals surface area contributed by atoms with Crippen LogP contribution in [0.5, 0.6) is 11.5 Å². The molecule has 1 N–H and O–H groups in total. The molecule has 0 atom stereocenters. The minimum atomic E-state index is -0.224. The first kappa shape index (κ1) is 23.9. The highest BCUT2D eigenvalue weighted by Crippen LogP contribution is 2.33. The third-order valence-electron chi connectivity index (χ3n) is 6.14. The Balaban J connectivity index is 1.41. The lowest BCUT2D eigenvalue weighted by atomic mass is 10.1. The summed E-state index contributed by atoms with van der Waals surface area (Å²) < 4.78 is 14.6. The number of carbonyl (C=O) groups excluding carboxylic acids is 1. The van der Waals surface area contributed by atoms with Crippen molar-refractivity contribution < 1.29 is 14.3 Å². The summed E-state index contributed by atoms with van der Waals surface area (Å²) in [6.07, 6.45) is 5.18. The van der Waals surface area contributed by atoms with Crippen LogP contribution in [0.3, 0.4) is 0 Å². The Labute approximate surface area is 214 Å². The van der Waals surface area contributed by atoms with E-state index in [1.165, 1.54) is 6.08 Å². The zero-order valence-corrected chi connectivity index (χ0v) is 20.9. The minimum Gasteiger partial charge on any atom is -0.493 e. The smallest absolute Gasteiger partial charge is 0.244 e. The van der Waals surface area contributed by atoms with Crippen molar-refractivity contribution >= 4 is 23.0 Å². The molecule has 0 saturated heterocycles. The van der Waals surface area contributed by atoms with Gasteiger partial charge in [0.25, 0.3) is 0 Å². The van der Waals surface area contributed by atoms with E-state index in [0.29, 0.717) is 23.7 Å². The largest absolute Gasteiger partial charge is 0.493 e. The molecular formula is C29H27N5O3. The zero-order valence-electron chi connectivity index (χ0n) is 20.9. The van der Waals surface area contributed by atoms with Gasteiger partial charge in [0.05, 0.1) is 37.5 Å². The van der Waals surface area contributed by atoms with E-state index < -0.39 is 0 Å². The van der Waals surface area contributed by atoms with Crippen molar-refractivity contribution in [1.29, 1.82) is 0 Å². The lowest BCUT2D eigenvalue weighted by Crippen LogP contribution is -2.22. The lowest BCUT2D eigenvalue weighted by Gasteiger charge is -2.09. The molecule has 2 heterocycles. The summed E-state index contributed by atoms with van der Waals surface area (Å²) in [7, 11) is 5.14. The maximum absolute atomic E-state index is 12.7. The number of hydrogen-bond acceptors (Lipinski definition) is 5. The number of methoxy groups -OCH3 is 2. The number of imidazole rings is 1. The lowest BCUT2D eigenvalue weighted by molar-refractivity contribution is -0.116. The van der Waals surface area contributed by atoms with E-state index in [2.05, 4.69) is 10.3 Å². The summed E-state index contributed by atoms with van der Waals surface area (Å²) in [5.41, 5.74) is 5.17. The van der Waals surface area contributed by atoms with E-state index in [9.17, 15) is 4.79 Å². The number of hydrogen-bond donors (Lipinski definition) is 1. The van der Waals surface area contributed by atoms with Gasteiger partial charge in [0, 0.05) is 30.4 Å². The van der Waals surface area contributed by atoms with Crippen molar-refractivity contribution in [2.24, 2.45) is 7.05 Å². The van der Waals surface area contributed by atoms with E-state index in [1.54, 1.807) is 25.0 Å². The second-order valence-corrected chi connectivity index (χ2v) is 8.41. The number of para-hydroxylation sites is 3. The predicted octanol–water partition coefficient (Wildman–Crippen LogP) is 4.77. The Morgan fingerprint density at radius 3 is 2.49 bits per heavy atom. The van der Waals surface area contributed by atoms with Crippen molar-refractivity contribution in [2.75, 3.05) is 14.2 Å². The maximum Gasteiger partial charge on any atom is 0.244 e. The van der Waals surface area contributed by atoms with Crippen LogP contribution >= 0.6 is 0 Å². The molecule has 0 fully saturated rings. The number of rotatable bonds is 8. The number of ether oxygens (including phenoxy) is 2. The molecular weight excluding hydrogens is 466 g/mol. The van der Waals surface area contributed by atoms with Crippen molar-refractivity contribution in [1.82, 2.24) is 24.6 Å². The van der Waals surface area contributed by atoms with Gasteiger partial charge in [0.1, 0.15) is 11.5 Å². The third-order valence-corrected chi connectivity index (χ3v) is 6.14. The topological polar surface area (TPSA) is 83.2 Å². The quantitative estimate of drug-likeness (QED) is 0.315. The summed E-state index contributed by atoms with van der Waals surface area (Å²) >= 11 is 0. The number of nitrogens with zero attached hydrogens (tertiary/aromatic N) is 4. The minimum absolute atomic E-state index is 0.224. The van der Waals surface area contributed by atoms with Gasteiger partial charge in [0.2, 0.25) is 5.91 Å². The van der Waals surface area contributed by atoms with E-state index >= 15 is 0 Å². The summed E-state index contributed by atoms with van der Waals surface area (Å²) in [5.74, 6) is 1.79. The van der Waals surface area contributed by atoms with E-state index in [4.69, 9.17) is 14.6 Å². The fourth-order valence-corrected chi connectivity index (χ4v) is 4.17. The van der Waals surface area contributed by atoms with E-state index in [-0.39, 0.29) is 5.91 Å². The van der Waals surface area contributed by atoms with Crippen molar-refractivity contribution in [2.45, 2.75) is 6.54 Å². The number of fused-ring (bicyclic) bond motifs is 1. The van der Waals surface area contributed by atoms with Gasteiger partial charge < -0.3 is 19.4 Å². The normalized spacial score (nSPS) is 11.2. The van der Waals surface area contributed by atoms with E-state index in [0.717, 1.165) is 33.7 Å². The standard InChI is InChI=1S/C29H27N5O3/c1-33-24-12-8-7-11-23(24)31-27(33)18-30-28(35)16-14-21-19-34(22-9-5-4-6-10-22)32-29(21)20-13-15-25(36-2)26(17-20)37-3/h4-17,19H,18H2,1-3H3,(H,30,35)/b16-14+. The maximum atomic E-state index is 12.7. The van der Waals surface area contributed by atoms with Gasteiger partial charge in [0.15, 0.2) is 11.5 Å². The van der Waals surface area contributed by atoms with Crippen LogP contribution in [0.2, 0.25) is 0 Å². The highest BCUT2D eigenvalue weighted by Gasteiger charge is 2.14.